The van der Waals surface area contributed by atoms with Gasteiger partial charge in [0.2, 0.25) is 0 Å². The number of nitrogens with zero attached hydrogens (tertiary/aromatic N) is 2. The number of nitro groups is 1. The first-order valence-electron chi connectivity index (χ1n) is 7.02. The molecular formula is C14H17N3O3S. The highest BCUT2D eigenvalue weighted by molar-refractivity contribution is 7.18. The minimum absolute atomic E-state index is 0.0279. The zero-order valence-electron chi connectivity index (χ0n) is 11.8. The van der Waals surface area contributed by atoms with Gasteiger partial charge in [-0.05, 0) is 38.8 Å². The van der Waals surface area contributed by atoms with Crippen molar-refractivity contribution >= 4 is 27.2 Å². The average molecular weight is 307 g/mol. The number of thiazole rings is 1. The van der Waals surface area contributed by atoms with Crippen LogP contribution in [0.5, 0.6) is 5.75 Å². The van der Waals surface area contributed by atoms with E-state index in [9.17, 15) is 10.1 Å². The molecule has 2 heterocycles. The van der Waals surface area contributed by atoms with Crippen LogP contribution in [0.1, 0.15) is 17.8 Å². The van der Waals surface area contributed by atoms with Gasteiger partial charge in [0.15, 0.2) is 5.75 Å². The molecule has 112 valence electrons. The number of piperidine rings is 1. The summed E-state index contributed by atoms with van der Waals surface area (Å²) in [5.41, 5.74) is 0.795. The van der Waals surface area contributed by atoms with Crippen LogP contribution in [-0.2, 0) is 0 Å². The topological polar surface area (TPSA) is 77.3 Å². The Labute approximate surface area is 126 Å². The van der Waals surface area contributed by atoms with E-state index in [2.05, 4.69) is 10.3 Å². The number of fused-ring (bicyclic) bond motifs is 1. The van der Waals surface area contributed by atoms with Crippen LogP contribution in [0.4, 0.5) is 5.69 Å². The van der Waals surface area contributed by atoms with E-state index in [-0.39, 0.29) is 10.6 Å². The molecule has 0 unspecified atom stereocenters. The summed E-state index contributed by atoms with van der Waals surface area (Å²) < 4.78 is 6.58. The third-order valence-corrected chi connectivity index (χ3v) is 4.64. The number of nitro benzene ring substituents is 1. The third-order valence-electron chi connectivity index (χ3n) is 3.71. The molecule has 0 amide bonds. The van der Waals surface area contributed by atoms with Gasteiger partial charge in [-0.1, -0.05) is 0 Å². The summed E-state index contributed by atoms with van der Waals surface area (Å²) in [6.07, 6.45) is 2.09. The summed E-state index contributed by atoms with van der Waals surface area (Å²) in [4.78, 5) is 15.2. The van der Waals surface area contributed by atoms with Crippen molar-refractivity contribution in [3.05, 3.63) is 27.3 Å². The van der Waals surface area contributed by atoms with Crippen molar-refractivity contribution < 1.29 is 9.66 Å². The molecule has 1 saturated heterocycles. The van der Waals surface area contributed by atoms with Crippen LogP contribution in [0, 0.1) is 23.0 Å². The second-order valence-corrected chi connectivity index (χ2v) is 6.52. The molecule has 0 aliphatic carbocycles. The second kappa shape index (κ2) is 5.95. The zero-order valence-corrected chi connectivity index (χ0v) is 12.6. The molecule has 2 aromatic rings. The molecule has 7 heteroatoms. The number of aromatic nitrogens is 1. The average Bonchev–Trinajstić information content (AvgIpc) is 2.84. The van der Waals surface area contributed by atoms with E-state index in [1.807, 2.05) is 6.92 Å². The van der Waals surface area contributed by atoms with E-state index in [1.54, 1.807) is 12.1 Å². The lowest BCUT2D eigenvalue weighted by Gasteiger charge is -2.22. The Morgan fingerprint density at radius 1 is 1.48 bits per heavy atom. The Morgan fingerprint density at radius 3 is 2.95 bits per heavy atom. The minimum Gasteiger partial charge on any atom is -0.486 e. The first kappa shape index (κ1) is 14.2. The van der Waals surface area contributed by atoms with Crippen LogP contribution in [0.2, 0.25) is 0 Å². The van der Waals surface area contributed by atoms with E-state index < -0.39 is 0 Å². The maximum atomic E-state index is 11.2. The smallest absolute Gasteiger partial charge is 0.312 e. The molecule has 1 aromatic heterocycles. The second-order valence-electron chi connectivity index (χ2n) is 5.28. The Hall–Kier alpha value is -1.73. The van der Waals surface area contributed by atoms with Crippen molar-refractivity contribution in [2.75, 3.05) is 19.7 Å². The summed E-state index contributed by atoms with van der Waals surface area (Å²) in [6.45, 7) is 4.39. The van der Waals surface area contributed by atoms with E-state index >= 15 is 0 Å². The molecule has 0 bridgehead atoms. The first-order valence-corrected chi connectivity index (χ1v) is 7.84. The number of hydrogen-bond donors (Lipinski definition) is 1. The molecule has 1 aliphatic heterocycles. The number of hydrogen-bond acceptors (Lipinski definition) is 6. The van der Waals surface area contributed by atoms with Gasteiger partial charge in [-0.25, -0.2) is 4.98 Å². The molecule has 3 rings (SSSR count). The maximum Gasteiger partial charge on any atom is 0.312 e. The van der Waals surface area contributed by atoms with Gasteiger partial charge in [0.1, 0.15) is 0 Å². The molecular weight excluding hydrogens is 290 g/mol. The van der Waals surface area contributed by atoms with Gasteiger partial charge in [0.05, 0.1) is 26.8 Å². The predicted octanol–water partition coefficient (Wildman–Crippen LogP) is 2.89. The summed E-state index contributed by atoms with van der Waals surface area (Å²) in [7, 11) is 0. The van der Waals surface area contributed by atoms with Crippen molar-refractivity contribution in [2.45, 2.75) is 19.8 Å². The Balaban J connectivity index is 1.84. The number of benzene rings is 1. The largest absolute Gasteiger partial charge is 0.486 e. The lowest BCUT2D eigenvalue weighted by atomic mass is 9.99. The minimum atomic E-state index is -0.383. The van der Waals surface area contributed by atoms with Crippen molar-refractivity contribution in [1.29, 1.82) is 0 Å². The zero-order chi connectivity index (χ0) is 14.8. The molecule has 0 saturated carbocycles. The SMILES string of the molecule is Cc1nc2cc(OCC3CCNCC3)c([N+](=O)[O-])cc2s1. The Bertz CT molecular complexity index is 665. The summed E-state index contributed by atoms with van der Waals surface area (Å²) in [5.74, 6) is 0.787. The number of nitrogens with one attached hydrogen (secondary N) is 1. The molecule has 1 N–H and O–H groups in total. The standard InChI is InChI=1S/C14H17N3O3S/c1-9-16-11-6-13(12(17(18)19)7-14(11)21-9)20-8-10-2-4-15-5-3-10/h6-7,10,15H,2-5,8H2,1H3. The highest BCUT2D eigenvalue weighted by Crippen LogP contribution is 2.35. The van der Waals surface area contributed by atoms with Gasteiger partial charge in [-0.2, -0.15) is 0 Å². The highest BCUT2D eigenvalue weighted by Gasteiger charge is 2.20. The molecule has 0 radical (unpaired) electrons. The Morgan fingerprint density at radius 2 is 2.24 bits per heavy atom. The van der Waals surface area contributed by atoms with Gasteiger partial charge in [-0.3, -0.25) is 10.1 Å². The summed E-state index contributed by atoms with van der Waals surface area (Å²) in [5, 5.41) is 15.4. The van der Waals surface area contributed by atoms with E-state index in [4.69, 9.17) is 4.74 Å². The fourth-order valence-electron chi connectivity index (χ4n) is 2.57. The molecule has 1 aliphatic rings. The molecule has 0 spiro atoms. The van der Waals surface area contributed by atoms with Crippen LogP contribution < -0.4 is 10.1 Å². The number of aryl methyl sites for hydroxylation is 1. The van der Waals surface area contributed by atoms with E-state index in [1.165, 1.54) is 11.3 Å². The van der Waals surface area contributed by atoms with E-state index in [0.717, 1.165) is 41.2 Å². The first-order chi connectivity index (χ1) is 10.1. The molecule has 0 atom stereocenters. The van der Waals surface area contributed by atoms with Gasteiger partial charge in [0.25, 0.3) is 0 Å². The van der Waals surface area contributed by atoms with Crippen molar-refractivity contribution in [2.24, 2.45) is 5.92 Å². The molecule has 21 heavy (non-hydrogen) atoms. The normalized spacial score (nSPS) is 16.2. The van der Waals surface area contributed by atoms with Gasteiger partial charge in [0, 0.05) is 12.1 Å². The van der Waals surface area contributed by atoms with Crippen molar-refractivity contribution in [3.63, 3.8) is 0 Å². The maximum absolute atomic E-state index is 11.2. The highest BCUT2D eigenvalue weighted by atomic mass is 32.1. The third kappa shape index (κ3) is 3.14. The quantitative estimate of drug-likeness (QED) is 0.694. The lowest BCUT2D eigenvalue weighted by molar-refractivity contribution is -0.385. The summed E-state index contributed by atoms with van der Waals surface area (Å²) in [6, 6.07) is 3.26. The predicted molar refractivity (Wildman–Crippen MR) is 82.1 cm³/mol. The van der Waals surface area contributed by atoms with Gasteiger partial charge >= 0.3 is 5.69 Å². The van der Waals surface area contributed by atoms with Crippen LogP contribution in [0.3, 0.4) is 0 Å². The van der Waals surface area contributed by atoms with E-state index in [0.29, 0.717) is 18.3 Å². The fourth-order valence-corrected chi connectivity index (χ4v) is 3.42. The molecule has 6 nitrogen and oxygen atoms in total. The van der Waals surface area contributed by atoms with Gasteiger partial charge in [-0.15, -0.1) is 11.3 Å². The number of rotatable bonds is 4. The lowest BCUT2D eigenvalue weighted by Crippen LogP contribution is -2.30. The molecule has 1 fully saturated rings. The Kier molecular flexibility index (Phi) is 4.03. The van der Waals surface area contributed by atoms with Crippen LogP contribution in [-0.4, -0.2) is 29.6 Å². The summed E-state index contributed by atoms with van der Waals surface area (Å²) >= 11 is 1.46. The van der Waals surface area contributed by atoms with Gasteiger partial charge < -0.3 is 10.1 Å². The van der Waals surface area contributed by atoms with Crippen molar-refractivity contribution in [1.82, 2.24) is 10.3 Å². The monoisotopic (exact) mass is 307 g/mol. The van der Waals surface area contributed by atoms with Crippen LogP contribution in [0.25, 0.3) is 10.2 Å². The number of ether oxygens (including phenoxy) is 1. The fraction of sp³-hybridized carbons (Fsp3) is 0.500. The van der Waals surface area contributed by atoms with Crippen LogP contribution in [0.15, 0.2) is 12.1 Å². The van der Waals surface area contributed by atoms with Crippen molar-refractivity contribution in [3.8, 4) is 5.75 Å². The van der Waals surface area contributed by atoms with Crippen LogP contribution >= 0.6 is 11.3 Å². The molecule has 1 aromatic carbocycles.